The van der Waals surface area contributed by atoms with Crippen molar-refractivity contribution in [3.8, 4) is 0 Å². The quantitative estimate of drug-likeness (QED) is 0.821. The molecule has 0 saturated carbocycles. The first-order chi connectivity index (χ1) is 10.7. The van der Waals surface area contributed by atoms with Crippen molar-refractivity contribution in [1.29, 1.82) is 0 Å². The first-order valence-electron chi connectivity index (χ1n) is 8.08. The number of allylic oxidation sites excluding steroid dienone is 1. The van der Waals surface area contributed by atoms with Gasteiger partial charge in [-0.05, 0) is 43.7 Å². The standard InChI is InChI=1S/C18H22N2O2/c21-17(19-11-10-13-6-2-1-3-7-13)12-16-14-8-4-5-9-15(14)18(22)20-16/h4-6,8-9,16H,1-3,7,10-12H2,(H,19,21)(H,20,22)/t16-/m1/s1. The van der Waals surface area contributed by atoms with Crippen molar-refractivity contribution in [3.05, 3.63) is 47.0 Å². The summed E-state index contributed by atoms with van der Waals surface area (Å²) in [5.74, 6) is -0.0841. The topological polar surface area (TPSA) is 58.2 Å². The number of carbonyl (C=O) groups is 2. The molecule has 0 fully saturated rings. The van der Waals surface area contributed by atoms with E-state index in [2.05, 4.69) is 16.7 Å². The van der Waals surface area contributed by atoms with E-state index in [4.69, 9.17) is 0 Å². The number of nitrogens with one attached hydrogen (secondary N) is 2. The molecule has 0 spiro atoms. The van der Waals surface area contributed by atoms with Gasteiger partial charge in [-0.3, -0.25) is 9.59 Å². The Hall–Kier alpha value is -2.10. The molecular formula is C18H22N2O2. The number of fused-ring (bicyclic) bond motifs is 1. The van der Waals surface area contributed by atoms with Gasteiger partial charge >= 0.3 is 0 Å². The Bertz CT molecular complexity index is 607. The molecule has 0 bridgehead atoms. The Balaban J connectivity index is 1.48. The number of hydrogen-bond acceptors (Lipinski definition) is 2. The van der Waals surface area contributed by atoms with E-state index in [-0.39, 0.29) is 17.9 Å². The lowest BCUT2D eigenvalue weighted by molar-refractivity contribution is -0.121. The number of amides is 2. The second-order valence-electron chi connectivity index (χ2n) is 6.03. The average Bonchev–Trinajstić information content (AvgIpc) is 2.85. The van der Waals surface area contributed by atoms with Gasteiger partial charge in [-0.25, -0.2) is 0 Å². The summed E-state index contributed by atoms with van der Waals surface area (Å²) in [4.78, 5) is 23.9. The molecule has 1 aliphatic heterocycles. The molecule has 2 amide bonds. The Kier molecular flexibility index (Phi) is 4.56. The largest absolute Gasteiger partial charge is 0.356 e. The van der Waals surface area contributed by atoms with E-state index < -0.39 is 0 Å². The molecule has 0 saturated heterocycles. The van der Waals surface area contributed by atoms with Gasteiger partial charge in [0.05, 0.1) is 12.5 Å². The normalized spacial score (nSPS) is 20.1. The molecule has 0 aromatic heterocycles. The summed E-state index contributed by atoms with van der Waals surface area (Å²) in [6.45, 7) is 0.687. The highest BCUT2D eigenvalue weighted by molar-refractivity contribution is 5.99. The van der Waals surface area contributed by atoms with E-state index in [0.717, 1.165) is 12.0 Å². The highest BCUT2D eigenvalue weighted by atomic mass is 16.2. The molecule has 2 N–H and O–H groups in total. The minimum absolute atomic E-state index is 0.00147. The molecule has 4 heteroatoms. The second-order valence-corrected chi connectivity index (χ2v) is 6.03. The maximum atomic E-state index is 12.1. The maximum Gasteiger partial charge on any atom is 0.252 e. The van der Waals surface area contributed by atoms with E-state index in [9.17, 15) is 9.59 Å². The number of carbonyl (C=O) groups excluding carboxylic acids is 2. The summed E-state index contributed by atoms with van der Waals surface area (Å²) in [5.41, 5.74) is 3.08. The zero-order valence-corrected chi connectivity index (χ0v) is 12.7. The Labute approximate surface area is 131 Å². The lowest BCUT2D eigenvalue weighted by Gasteiger charge is -2.14. The summed E-state index contributed by atoms with van der Waals surface area (Å²) in [7, 11) is 0. The maximum absolute atomic E-state index is 12.1. The lowest BCUT2D eigenvalue weighted by Crippen LogP contribution is -2.29. The molecule has 1 atom stereocenters. The van der Waals surface area contributed by atoms with Crippen LogP contribution in [-0.4, -0.2) is 18.4 Å². The van der Waals surface area contributed by atoms with E-state index in [0.29, 0.717) is 18.5 Å². The van der Waals surface area contributed by atoms with Gasteiger partial charge < -0.3 is 10.6 Å². The van der Waals surface area contributed by atoms with Gasteiger partial charge in [-0.1, -0.05) is 29.8 Å². The number of hydrogen-bond donors (Lipinski definition) is 2. The fourth-order valence-electron chi connectivity index (χ4n) is 3.23. The van der Waals surface area contributed by atoms with E-state index >= 15 is 0 Å². The van der Waals surface area contributed by atoms with Gasteiger partial charge in [0.1, 0.15) is 0 Å². The molecule has 116 valence electrons. The molecule has 1 aliphatic carbocycles. The Morgan fingerprint density at radius 1 is 1.27 bits per heavy atom. The summed E-state index contributed by atoms with van der Waals surface area (Å²) in [5, 5.41) is 5.85. The Morgan fingerprint density at radius 3 is 2.95 bits per heavy atom. The summed E-state index contributed by atoms with van der Waals surface area (Å²) < 4.78 is 0. The number of rotatable bonds is 5. The molecule has 1 aromatic rings. The van der Waals surface area contributed by atoms with Crippen LogP contribution in [0.3, 0.4) is 0 Å². The third-order valence-electron chi connectivity index (χ3n) is 4.43. The van der Waals surface area contributed by atoms with E-state index in [1.807, 2.05) is 18.2 Å². The van der Waals surface area contributed by atoms with Crippen LogP contribution in [0.25, 0.3) is 0 Å². The summed E-state index contributed by atoms with van der Waals surface area (Å²) in [6, 6.07) is 7.27. The van der Waals surface area contributed by atoms with Crippen LogP contribution in [0.2, 0.25) is 0 Å². The highest BCUT2D eigenvalue weighted by Crippen LogP contribution is 2.27. The molecule has 3 rings (SSSR count). The van der Waals surface area contributed by atoms with Crippen LogP contribution in [0, 0.1) is 0 Å². The smallest absolute Gasteiger partial charge is 0.252 e. The second kappa shape index (κ2) is 6.77. The SMILES string of the molecule is O=C(C[C@H]1NC(=O)c2ccccc21)NCCC1=CCCCC1. The van der Waals surface area contributed by atoms with Crippen LogP contribution in [0.1, 0.15) is 60.5 Å². The van der Waals surface area contributed by atoms with Gasteiger partial charge in [-0.15, -0.1) is 0 Å². The third kappa shape index (κ3) is 3.38. The van der Waals surface area contributed by atoms with Crippen molar-refractivity contribution < 1.29 is 9.59 Å². The van der Waals surface area contributed by atoms with Crippen molar-refractivity contribution in [3.63, 3.8) is 0 Å². The van der Waals surface area contributed by atoms with Gasteiger partial charge in [0, 0.05) is 12.1 Å². The van der Waals surface area contributed by atoms with Crippen LogP contribution in [0.15, 0.2) is 35.9 Å². The minimum atomic E-state index is -0.197. The average molecular weight is 298 g/mol. The van der Waals surface area contributed by atoms with Crippen LogP contribution in [0.5, 0.6) is 0 Å². The fourth-order valence-corrected chi connectivity index (χ4v) is 3.23. The molecule has 0 radical (unpaired) electrons. The van der Waals surface area contributed by atoms with Crippen molar-refractivity contribution in [2.75, 3.05) is 6.54 Å². The molecule has 2 aliphatic rings. The fraction of sp³-hybridized carbons (Fsp3) is 0.444. The molecule has 1 aromatic carbocycles. The van der Waals surface area contributed by atoms with Gasteiger partial charge in [0.25, 0.3) is 5.91 Å². The molecule has 1 heterocycles. The van der Waals surface area contributed by atoms with Gasteiger partial charge in [-0.2, -0.15) is 0 Å². The Morgan fingerprint density at radius 2 is 2.14 bits per heavy atom. The highest BCUT2D eigenvalue weighted by Gasteiger charge is 2.29. The third-order valence-corrected chi connectivity index (χ3v) is 4.43. The zero-order chi connectivity index (χ0) is 15.4. The van der Waals surface area contributed by atoms with Crippen molar-refractivity contribution in [2.24, 2.45) is 0 Å². The van der Waals surface area contributed by atoms with Gasteiger partial charge in [0.2, 0.25) is 5.91 Å². The molecule has 4 nitrogen and oxygen atoms in total. The van der Waals surface area contributed by atoms with Crippen molar-refractivity contribution in [2.45, 2.75) is 44.6 Å². The van der Waals surface area contributed by atoms with Crippen LogP contribution < -0.4 is 10.6 Å². The van der Waals surface area contributed by atoms with Gasteiger partial charge in [0.15, 0.2) is 0 Å². The van der Waals surface area contributed by atoms with Crippen LogP contribution >= 0.6 is 0 Å². The van der Waals surface area contributed by atoms with Crippen molar-refractivity contribution in [1.82, 2.24) is 10.6 Å². The molecule has 0 unspecified atom stereocenters. The molecule has 22 heavy (non-hydrogen) atoms. The van der Waals surface area contributed by atoms with E-state index in [1.165, 1.54) is 31.3 Å². The summed E-state index contributed by atoms with van der Waals surface area (Å²) in [6.07, 6.45) is 8.46. The van der Waals surface area contributed by atoms with Crippen molar-refractivity contribution >= 4 is 11.8 Å². The summed E-state index contributed by atoms with van der Waals surface area (Å²) >= 11 is 0. The van der Waals surface area contributed by atoms with Crippen LogP contribution in [-0.2, 0) is 4.79 Å². The lowest BCUT2D eigenvalue weighted by atomic mass is 9.97. The van der Waals surface area contributed by atoms with Crippen LogP contribution in [0.4, 0.5) is 0 Å². The molecular weight excluding hydrogens is 276 g/mol. The first-order valence-corrected chi connectivity index (χ1v) is 8.08. The monoisotopic (exact) mass is 298 g/mol. The predicted octanol–water partition coefficient (Wildman–Crippen LogP) is 2.87. The zero-order valence-electron chi connectivity index (χ0n) is 12.7. The predicted molar refractivity (Wildman–Crippen MR) is 85.4 cm³/mol. The van der Waals surface area contributed by atoms with E-state index in [1.54, 1.807) is 6.07 Å². The number of benzene rings is 1. The first kappa shape index (κ1) is 14.8. The minimum Gasteiger partial charge on any atom is -0.356 e.